The Morgan fingerprint density at radius 3 is 2.67 bits per heavy atom. The molecule has 3 N–H and O–H groups in total. The largest absolute Gasteiger partial charge is 0.381 e. The van der Waals surface area contributed by atoms with Crippen LogP contribution in [0.4, 0.5) is 9.80 Å². The van der Waals surface area contributed by atoms with Gasteiger partial charge in [-0.2, -0.15) is 0 Å². The van der Waals surface area contributed by atoms with E-state index in [0.29, 0.717) is 5.56 Å². The average molecular weight is 306 g/mol. The summed E-state index contributed by atoms with van der Waals surface area (Å²) in [5, 5.41) is 18.7. The van der Waals surface area contributed by atoms with E-state index in [1.54, 1.807) is 12.1 Å². The summed E-state index contributed by atoms with van der Waals surface area (Å²) in [6, 6.07) is 12.4. The number of aliphatic hydroxyl groups is 1. The lowest BCUT2D eigenvalue weighted by Gasteiger charge is -2.28. The maximum Gasteiger partial charge on any atom is 0.319 e. The highest BCUT2D eigenvalue weighted by molar-refractivity contribution is 7.14. The van der Waals surface area contributed by atoms with Crippen molar-refractivity contribution in [3.63, 3.8) is 0 Å². The molecule has 5 nitrogen and oxygen atoms in total. The average Bonchev–Trinajstić information content (AvgIpc) is 2.99. The van der Waals surface area contributed by atoms with Crippen molar-refractivity contribution in [2.24, 2.45) is 0 Å². The predicted octanol–water partition coefficient (Wildman–Crippen LogP) is 2.40. The lowest BCUT2D eigenvalue weighted by molar-refractivity contribution is -0.0324. The fourth-order valence-electron chi connectivity index (χ4n) is 1.96. The van der Waals surface area contributed by atoms with Crippen molar-refractivity contribution in [2.75, 3.05) is 25.6 Å². The number of anilines is 1. The number of rotatable bonds is 6. The van der Waals surface area contributed by atoms with Gasteiger partial charge in [0, 0.05) is 7.11 Å². The maximum atomic E-state index is 11.8. The Morgan fingerprint density at radius 2 is 2.05 bits per heavy atom. The lowest BCUT2D eigenvalue weighted by Crippen LogP contribution is -2.45. The normalized spacial score (nSPS) is 13.4. The number of benzene rings is 1. The van der Waals surface area contributed by atoms with Crippen LogP contribution >= 0.6 is 11.3 Å². The van der Waals surface area contributed by atoms with E-state index in [1.165, 1.54) is 18.4 Å². The second-order valence-corrected chi connectivity index (χ2v) is 5.56. The first-order chi connectivity index (χ1) is 10.1. The molecule has 2 amide bonds. The molecule has 0 aliphatic carbocycles. The summed E-state index contributed by atoms with van der Waals surface area (Å²) >= 11 is 1.43. The van der Waals surface area contributed by atoms with E-state index in [-0.39, 0.29) is 19.2 Å². The van der Waals surface area contributed by atoms with E-state index in [0.717, 1.165) is 5.00 Å². The Morgan fingerprint density at radius 1 is 1.29 bits per heavy atom. The van der Waals surface area contributed by atoms with Crippen molar-refractivity contribution < 1.29 is 14.6 Å². The summed E-state index contributed by atoms with van der Waals surface area (Å²) < 4.78 is 5.08. The third-order valence-corrected chi connectivity index (χ3v) is 3.78. The first-order valence-electron chi connectivity index (χ1n) is 6.49. The SMILES string of the molecule is COCC(O)(CNC(=O)Nc1cccs1)c1ccccc1. The van der Waals surface area contributed by atoms with Crippen LogP contribution < -0.4 is 10.6 Å². The molecule has 1 unspecified atom stereocenters. The number of carbonyl (C=O) groups excluding carboxylic acids is 1. The van der Waals surface area contributed by atoms with Gasteiger partial charge in [0.2, 0.25) is 0 Å². The summed E-state index contributed by atoms with van der Waals surface area (Å²) in [5.74, 6) is 0. The highest BCUT2D eigenvalue weighted by Gasteiger charge is 2.29. The zero-order valence-electron chi connectivity index (χ0n) is 11.7. The number of urea groups is 1. The molecule has 0 radical (unpaired) electrons. The Kier molecular flexibility index (Phi) is 5.32. The van der Waals surface area contributed by atoms with Crippen molar-refractivity contribution in [2.45, 2.75) is 5.60 Å². The molecule has 0 saturated heterocycles. The molecule has 1 aromatic carbocycles. The summed E-state index contributed by atoms with van der Waals surface area (Å²) in [5.41, 5.74) is -0.564. The Hall–Kier alpha value is -1.89. The molecule has 2 rings (SSSR count). The molecule has 1 heterocycles. The summed E-state index contributed by atoms with van der Waals surface area (Å²) in [6.45, 7) is 0.151. The van der Waals surface area contributed by atoms with Gasteiger partial charge in [0.05, 0.1) is 18.2 Å². The number of carbonyl (C=O) groups is 1. The minimum atomic E-state index is -1.26. The van der Waals surface area contributed by atoms with E-state index in [2.05, 4.69) is 10.6 Å². The second kappa shape index (κ2) is 7.21. The van der Waals surface area contributed by atoms with Crippen LogP contribution in [0, 0.1) is 0 Å². The van der Waals surface area contributed by atoms with E-state index in [1.807, 2.05) is 35.7 Å². The number of methoxy groups -OCH3 is 1. The predicted molar refractivity (Wildman–Crippen MR) is 83.6 cm³/mol. The number of ether oxygens (including phenoxy) is 1. The van der Waals surface area contributed by atoms with E-state index in [4.69, 9.17) is 4.74 Å². The molecular formula is C15H18N2O3S. The zero-order valence-corrected chi connectivity index (χ0v) is 12.5. The van der Waals surface area contributed by atoms with Crippen LogP contribution in [0.5, 0.6) is 0 Å². The van der Waals surface area contributed by atoms with E-state index < -0.39 is 5.60 Å². The third-order valence-electron chi connectivity index (χ3n) is 2.99. The number of thiophene rings is 1. The molecule has 0 aliphatic rings. The minimum absolute atomic E-state index is 0.0576. The van der Waals surface area contributed by atoms with Gasteiger partial charge in [-0.1, -0.05) is 30.3 Å². The Labute approximate surface area is 127 Å². The molecule has 1 atom stereocenters. The fraction of sp³-hybridized carbons (Fsp3) is 0.267. The molecule has 0 aliphatic heterocycles. The topological polar surface area (TPSA) is 70.6 Å². The van der Waals surface area contributed by atoms with Crippen molar-refractivity contribution in [3.05, 3.63) is 53.4 Å². The molecule has 21 heavy (non-hydrogen) atoms. The van der Waals surface area contributed by atoms with Gasteiger partial charge in [-0.3, -0.25) is 5.32 Å². The fourth-order valence-corrected chi connectivity index (χ4v) is 2.57. The summed E-state index contributed by atoms with van der Waals surface area (Å²) in [6.07, 6.45) is 0. The van der Waals surface area contributed by atoms with Gasteiger partial charge in [-0.25, -0.2) is 4.79 Å². The molecular weight excluding hydrogens is 288 g/mol. The number of amides is 2. The van der Waals surface area contributed by atoms with Gasteiger partial charge < -0.3 is 15.2 Å². The van der Waals surface area contributed by atoms with Crippen molar-refractivity contribution in [1.29, 1.82) is 0 Å². The number of nitrogens with one attached hydrogen (secondary N) is 2. The van der Waals surface area contributed by atoms with Crippen LogP contribution in [0.2, 0.25) is 0 Å². The summed E-state index contributed by atoms with van der Waals surface area (Å²) in [4.78, 5) is 11.8. The van der Waals surface area contributed by atoms with Gasteiger partial charge in [0.15, 0.2) is 0 Å². The second-order valence-electron chi connectivity index (χ2n) is 4.62. The van der Waals surface area contributed by atoms with Gasteiger partial charge in [-0.15, -0.1) is 11.3 Å². The van der Waals surface area contributed by atoms with Gasteiger partial charge in [0.25, 0.3) is 0 Å². The van der Waals surface area contributed by atoms with Crippen molar-refractivity contribution in [3.8, 4) is 0 Å². The van der Waals surface area contributed by atoms with Gasteiger partial charge in [0.1, 0.15) is 5.60 Å². The molecule has 0 saturated carbocycles. The number of hydrogen-bond acceptors (Lipinski definition) is 4. The molecule has 0 bridgehead atoms. The first kappa shape index (κ1) is 15.5. The molecule has 0 fully saturated rings. The lowest BCUT2D eigenvalue weighted by atomic mass is 9.94. The molecule has 6 heteroatoms. The van der Waals surface area contributed by atoms with Crippen molar-refractivity contribution in [1.82, 2.24) is 5.32 Å². The Bertz CT molecular complexity index is 560. The zero-order chi connectivity index (χ0) is 15.1. The smallest absolute Gasteiger partial charge is 0.319 e. The minimum Gasteiger partial charge on any atom is -0.381 e. The van der Waals surface area contributed by atoms with Gasteiger partial charge in [-0.05, 0) is 23.1 Å². The van der Waals surface area contributed by atoms with Crippen LogP contribution in [0.15, 0.2) is 47.8 Å². The standard InChI is InChI=1S/C15H18N2O3S/c1-20-11-15(19,12-6-3-2-4-7-12)10-16-14(18)17-13-8-5-9-21-13/h2-9,19H,10-11H2,1H3,(H2,16,17,18). The molecule has 2 aromatic rings. The van der Waals surface area contributed by atoms with Gasteiger partial charge >= 0.3 is 6.03 Å². The quantitative estimate of drug-likeness (QED) is 0.767. The van der Waals surface area contributed by atoms with Crippen molar-refractivity contribution >= 4 is 22.4 Å². The monoisotopic (exact) mass is 306 g/mol. The van der Waals surface area contributed by atoms with Crippen LogP contribution in [0.25, 0.3) is 0 Å². The molecule has 0 spiro atoms. The van der Waals surface area contributed by atoms with Crippen LogP contribution in [-0.4, -0.2) is 31.4 Å². The third kappa shape index (κ3) is 4.29. The van der Waals surface area contributed by atoms with Crippen LogP contribution in [0.1, 0.15) is 5.56 Å². The number of hydrogen-bond donors (Lipinski definition) is 3. The van der Waals surface area contributed by atoms with E-state index >= 15 is 0 Å². The van der Waals surface area contributed by atoms with Crippen LogP contribution in [-0.2, 0) is 10.3 Å². The molecule has 1 aromatic heterocycles. The summed E-state index contributed by atoms with van der Waals surface area (Å²) in [7, 11) is 1.51. The Balaban J connectivity index is 1.98. The van der Waals surface area contributed by atoms with E-state index in [9.17, 15) is 9.90 Å². The first-order valence-corrected chi connectivity index (χ1v) is 7.37. The maximum absolute atomic E-state index is 11.8. The highest BCUT2D eigenvalue weighted by Crippen LogP contribution is 2.21. The highest BCUT2D eigenvalue weighted by atomic mass is 32.1. The van der Waals surface area contributed by atoms with Crippen LogP contribution in [0.3, 0.4) is 0 Å². The molecule has 112 valence electrons.